The lowest BCUT2D eigenvalue weighted by atomic mass is 10.0. The monoisotopic (exact) mass is 420 g/mol. The van der Waals surface area contributed by atoms with Crippen molar-refractivity contribution < 1.29 is 9.47 Å². The highest BCUT2D eigenvalue weighted by molar-refractivity contribution is 6.31. The molecule has 1 aliphatic heterocycles. The quantitative estimate of drug-likeness (QED) is 0.611. The molecule has 0 atom stereocenters. The number of amidine groups is 1. The Balaban J connectivity index is 1.82. The molecule has 2 heterocycles. The zero-order chi connectivity index (χ0) is 20.9. The highest BCUT2D eigenvalue weighted by Crippen LogP contribution is 2.33. The van der Waals surface area contributed by atoms with E-state index in [1.807, 2.05) is 62.4 Å². The van der Waals surface area contributed by atoms with E-state index in [0.29, 0.717) is 41.3 Å². The lowest BCUT2D eigenvalue weighted by molar-refractivity contribution is 0.287. The molecule has 0 saturated carbocycles. The molecule has 6 nitrogen and oxygen atoms in total. The summed E-state index contributed by atoms with van der Waals surface area (Å²) in [5.74, 6) is 2.00. The summed E-state index contributed by atoms with van der Waals surface area (Å²) in [6.45, 7) is 4.98. The van der Waals surface area contributed by atoms with Gasteiger partial charge in [0.05, 0.1) is 18.9 Å². The Bertz CT molecular complexity index is 1110. The van der Waals surface area contributed by atoms with E-state index in [1.54, 1.807) is 12.4 Å². The minimum absolute atomic E-state index is 0.534. The summed E-state index contributed by atoms with van der Waals surface area (Å²) >= 11 is 6.31. The maximum Gasteiger partial charge on any atom is 0.161 e. The number of ether oxygens (including phenoxy) is 2. The summed E-state index contributed by atoms with van der Waals surface area (Å²) in [6, 6.07) is 15.1. The van der Waals surface area contributed by atoms with Gasteiger partial charge in [-0.25, -0.2) is 4.99 Å². The number of hydrogen-bond donors (Lipinski definition) is 1. The molecular formula is C23H21ClN4O2. The number of hydrazone groups is 1. The number of benzene rings is 2. The number of aromatic nitrogens is 1. The van der Waals surface area contributed by atoms with Gasteiger partial charge in [-0.1, -0.05) is 11.6 Å². The van der Waals surface area contributed by atoms with Crippen molar-refractivity contribution in [3.8, 4) is 11.5 Å². The van der Waals surface area contributed by atoms with Crippen molar-refractivity contribution >= 4 is 28.8 Å². The summed E-state index contributed by atoms with van der Waals surface area (Å²) in [6.07, 6.45) is 3.44. The first-order valence-corrected chi connectivity index (χ1v) is 10.1. The van der Waals surface area contributed by atoms with E-state index in [1.165, 1.54) is 0 Å². The van der Waals surface area contributed by atoms with Crippen molar-refractivity contribution in [2.24, 2.45) is 10.1 Å². The molecule has 0 saturated heterocycles. The van der Waals surface area contributed by atoms with E-state index < -0.39 is 0 Å². The van der Waals surface area contributed by atoms with Crippen molar-refractivity contribution in [1.82, 2.24) is 10.4 Å². The van der Waals surface area contributed by atoms with Gasteiger partial charge in [0, 0.05) is 34.1 Å². The van der Waals surface area contributed by atoms with Crippen LogP contribution >= 0.6 is 11.6 Å². The summed E-state index contributed by atoms with van der Waals surface area (Å²) in [5.41, 5.74) is 7.15. The van der Waals surface area contributed by atoms with Gasteiger partial charge in [-0.05, 0) is 62.4 Å². The molecule has 1 aromatic heterocycles. The predicted molar refractivity (Wildman–Crippen MR) is 119 cm³/mol. The van der Waals surface area contributed by atoms with Gasteiger partial charge in [-0.3, -0.25) is 10.4 Å². The number of aliphatic imine (C=N–C) groups is 1. The van der Waals surface area contributed by atoms with Gasteiger partial charge in [-0.15, -0.1) is 0 Å². The van der Waals surface area contributed by atoms with Crippen molar-refractivity contribution in [3.05, 3.63) is 82.6 Å². The topological polar surface area (TPSA) is 68.1 Å². The smallest absolute Gasteiger partial charge is 0.161 e. The second kappa shape index (κ2) is 8.97. The van der Waals surface area contributed by atoms with Gasteiger partial charge in [0.2, 0.25) is 0 Å². The zero-order valence-electron chi connectivity index (χ0n) is 16.7. The largest absolute Gasteiger partial charge is 0.490 e. The van der Waals surface area contributed by atoms with Crippen LogP contribution in [0.3, 0.4) is 0 Å². The lowest BCUT2D eigenvalue weighted by Gasteiger charge is -2.14. The zero-order valence-corrected chi connectivity index (χ0v) is 17.5. The molecule has 0 unspecified atom stereocenters. The maximum atomic E-state index is 6.31. The Morgan fingerprint density at radius 1 is 0.867 bits per heavy atom. The van der Waals surface area contributed by atoms with Gasteiger partial charge in [0.1, 0.15) is 5.71 Å². The molecule has 7 heteroatoms. The number of nitrogens with one attached hydrogen (secondary N) is 1. The minimum atomic E-state index is 0.534. The third-order valence-corrected chi connectivity index (χ3v) is 4.73. The first kappa shape index (κ1) is 19.9. The molecule has 0 amide bonds. The van der Waals surface area contributed by atoms with Crippen LogP contribution in [0.4, 0.5) is 5.69 Å². The first-order chi connectivity index (χ1) is 14.7. The van der Waals surface area contributed by atoms with Gasteiger partial charge in [0.25, 0.3) is 0 Å². The fourth-order valence-corrected chi connectivity index (χ4v) is 3.34. The molecule has 0 bridgehead atoms. The SMILES string of the molecule is CCOc1ccc(C2=NNC(c3ccncc3)=Nc3ccc(Cl)cc32)cc1OCC. The standard InChI is InChI=1S/C23H21ClN4O2/c1-3-29-20-8-5-16(13-21(20)30-4-2)22-18-14-17(24)6-7-19(18)26-23(28-27-22)15-9-11-25-12-10-15/h5-14H,3-4H2,1-2H3,(H,26,28). The van der Waals surface area contributed by atoms with E-state index in [-0.39, 0.29) is 0 Å². The Morgan fingerprint density at radius 3 is 2.40 bits per heavy atom. The second-order valence-electron chi connectivity index (χ2n) is 6.46. The molecule has 3 aromatic rings. The molecule has 1 N–H and O–H groups in total. The number of halogens is 1. The molecule has 0 spiro atoms. The molecule has 2 aromatic carbocycles. The molecule has 152 valence electrons. The van der Waals surface area contributed by atoms with Crippen LogP contribution < -0.4 is 14.9 Å². The Labute approximate surface area is 180 Å². The summed E-state index contributed by atoms with van der Waals surface area (Å²) in [7, 11) is 0. The van der Waals surface area contributed by atoms with E-state index in [4.69, 9.17) is 26.1 Å². The number of nitrogens with zero attached hydrogens (tertiary/aromatic N) is 3. The van der Waals surface area contributed by atoms with Crippen LogP contribution in [-0.2, 0) is 0 Å². The number of pyridine rings is 1. The molecule has 0 aliphatic carbocycles. The van der Waals surface area contributed by atoms with Crippen molar-refractivity contribution in [3.63, 3.8) is 0 Å². The fourth-order valence-electron chi connectivity index (χ4n) is 3.17. The van der Waals surface area contributed by atoms with Crippen LogP contribution in [0.1, 0.15) is 30.5 Å². The fraction of sp³-hybridized carbons (Fsp3) is 0.174. The third kappa shape index (κ3) is 4.14. The predicted octanol–water partition coefficient (Wildman–Crippen LogP) is 4.97. The minimum Gasteiger partial charge on any atom is -0.490 e. The summed E-state index contributed by atoms with van der Waals surface area (Å²) in [4.78, 5) is 8.85. The van der Waals surface area contributed by atoms with Gasteiger partial charge < -0.3 is 9.47 Å². The van der Waals surface area contributed by atoms with Crippen LogP contribution in [0.2, 0.25) is 5.02 Å². The molecule has 0 fully saturated rings. The molecule has 4 rings (SSSR count). The van der Waals surface area contributed by atoms with E-state index in [9.17, 15) is 0 Å². The molecular weight excluding hydrogens is 400 g/mol. The Morgan fingerprint density at radius 2 is 1.63 bits per heavy atom. The summed E-state index contributed by atoms with van der Waals surface area (Å²) in [5, 5.41) is 5.28. The lowest BCUT2D eigenvalue weighted by Crippen LogP contribution is -2.19. The average molecular weight is 421 g/mol. The highest BCUT2D eigenvalue weighted by atomic mass is 35.5. The molecule has 30 heavy (non-hydrogen) atoms. The van der Waals surface area contributed by atoms with E-state index in [2.05, 4.69) is 15.5 Å². The van der Waals surface area contributed by atoms with Crippen molar-refractivity contribution in [2.75, 3.05) is 13.2 Å². The van der Waals surface area contributed by atoms with E-state index >= 15 is 0 Å². The van der Waals surface area contributed by atoms with Crippen LogP contribution in [0.5, 0.6) is 11.5 Å². The number of hydrogen-bond acceptors (Lipinski definition) is 6. The van der Waals surface area contributed by atoms with Crippen LogP contribution in [0, 0.1) is 0 Å². The van der Waals surface area contributed by atoms with Crippen LogP contribution in [0.15, 0.2) is 71.0 Å². The maximum absolute atomic E-state index is 6.31. The van der Waals surface area contributed by atoms with Gasteiger partial charge in [0.15, 0.2) is 17.3 Å². The van der Waals surface area contributed by atoms with Crippen LogP contribution in [-0.4, -0.2) is 29.7 Å². The van der Waals surface area contributed by atoms with Gasteiger partial charge in [-0.2, -0.15) is 5.10 Å². The van der Waals surface area contributed by atoms with E-state index in [0.717, 1.165) is 22.4 Å². The van der Waals surface area contributed by atoms with Crippen molar-refractivity contribution in [1.29, 1.82) is 0 Å². The Kier molecular flexibility index (Phi) is 5.95. The van der Waals surface area contributed by atoms with Crippen LogP contribution in [0.25, 0.3) is 0 Å². The van der Waals surface area contributed by atoms with Crippen molar-refractivity contribution in [2.45, 2.75) is 13.8 Å². The molecule has 0 radical (unpaired) electrons. The normalized spacial score (nSPS) is 12.8. The number of fused-ring (bicyclic) bond motifs is 1. The number of rotatable bonds is 6. The highest BCUT2D eigenvalue weighted by Gasteiger charge is 2.19. The molecule has 1 aliphatic rings. The Hall–Kier alpha value is -3.38. The third-order valence-electron chi connectivity index (χ3n) is 4.49. The second-order valence-corrected chi connectivity index (χ2v) is 6.89. The average Bonchev–Trinajstić information content (AvgIpc) is 2.95. The van der Waals surface area contributed by atoms with Gasteiger partial charge >= 0.3 is 0 Å². The summed E-state index contributed by atoms with van der Waals surface area (Å²) < 4.78 is 11.5. The first-order valence-electron chi connectivity index (χ1n) is 9.72.